The summed E-state index contributed by atoms with van der Waals surface area (Å²) in [7, 11) is -2.57. The summed E-state index contributed by atoms with van der Waals surface area (Å²) < 4.78 is 39.6. The summed E-state index contributed by atoms with van der Waals surface area (Å²) in [5.41, 5.74) is 1.65. The lowest BCUT2D eigenvalue weighted by Gasteiger charge is -2.26. The summed E-state index contributed by atoms with van der Waals surface area (Å²) >= 11 is 0. The second kappa shape index (κ2) is 12.1. The predicted molar refractivity (Wildman–Crippen MR) is 127 cm³/mol. The molecule has 3 rings (SSSR count). The average Bonchev–Trinajstić information content (AvgIpc) is 2.82. The van der Waals surface area contributed by atoms with Crippen molar-refractivity contribution in [3.05, 3.63) is 59.7 Å². The van der Waals surface area contributed by atoms with Gasteiger partial charge in [-0.3, -0.25) is 9.69 Å². The molecular weight excluding hydrogens is 442 g/mol. The Morgan fingerprint density at radius 3 is 2.58 bits per heavy atom. The molecule has 9 heteroatoms. The quantitative estimate of drug-likeness (QED) is 0.481. The predicted octanol–water partition coefficient (Wildman–Crippen LogP) is 1.73. The van der Waals surface area contributed by atoms with Gasteiger partial charge in [0.25, 0.3) is 0 Å². The molecule has 1 aliphatic heterocycles. The molecule has 1 atom stereocenters. The maximum Gasteiger partial charge on any atom is 0.244 e. The molecule has 1 fully saturated rings. The van der Waals surface area contributed by atoms with Gasteiger partial charge >= 0.3 is 0 Å². The van der Waals surface area contributed by atoms with E-state index in [0.717, 1.165) is 50.4 Å². The van der Waals surface area contributed by atoms with E-state index < -0.39 is 16.1 Å². The molecule has 2 aromatic carbocycles. The van der Waals surface area contributed by atoms with Gasteiger partial charge in [-0.15, -0.1) is 0 Å². The summed E-state index contributed by atoms with van der Waals surface area (Å²) in [6.07, 6.45) is 1.02. The number of aryl methyl sites for hydroxylation is 1. The van der Waals surface area contributed by atoms with Gasteiger partial charge in [-0.2, -0.15) is 4.72 Å². The molecule has 0 aromatic heterocycles. The monoisotopic (exact) mass is 475 g/mol. The molecule has 1 saturated heterocycles. The molecule has 0 aliphatic carbocycles. The number of methoxy groups -OCH3 is 1. The molecular formula is C24H33N3O5S. The minimum absolute atomic E-state index is 0.0168. The van der Waals surface area contributed by atoms with Crippen LogP contribution in [0.5, 0.6) is 5.75 Å². The standard InChI is InChI=1S/C24H33N3O5S/c1-19-9-10-22(31-2)23(17-19)33(29,30)26-21(18-20-7-4-3-5-8-20)24(28)25-11-6-12-27-13-15-32-16-14-27/h3-5,7-10,17,21,26H,6,11-16,18H2,1-2H3,(H,25,28). The molecule has 2 aromatic rings. The number of hydrogen-bond donors (Lipinski definition) is 2. The number of nitrogens with zero attached hydrogens (tertiary/aromatic N) is 1. The third-order valence-electron chi connectivity index (χ3n) is 5.56. The van der Waals surface area contributed by atoms with Crippen LogP contribution in [-0.2, 0) is 26.0 Å². The van der Waals surface area contributed by atoms with Crippen LogP contribution in [0, 0.1) is 6.92 Å². The normalized spacial score (nSPS) is 15.7. The Bertz CT molecular complexity index is 1010. The van der Waals surface area contributed by atoms with Crippen LogP contribution in [0.2, 0.25) is 0 Å². The highest BCUT2D eigenvalue weighted by Gasteiger charge is 2.28. The van der Waals surface area contributed by atoms with Crippen molar-refractivity contribution in [2.45, 2.75) is 30.7 Å². The van der Waals surface area contributed by atoms with E-state index in [9.17, 15) is 13.2 Å². The average molecular weight is 476 g/mol. The van der Waals surface area contributed by atoms with Crippen LogP contribution in [-0.4, -0.2) is 71.8 Å². The van der Waals surface area contributed by atoms with E-state index >= 15 is 0 Å². The van der Waals surface area contributed by atoms with Gasteiger partial charge in [-0.25, -0.2) is 8.42 Å². The number of amides is 1. The number of morpholine rings is 1. The van der Waals surface area contributed by atoms with E-state index in [0.29, 0.717) is 6.54 Å². The lowest BCUT2D eigenvalue weighted by Crippen LogP contribution is -2.48. The van der Waals surface area contributed by atoms with Crippen molar-refractivity contribution < 1.29 is 22.7 Å². The minimum Gasteiger partial charge on any atom is -0.495 e. The number of hydrogen-bond acceptors (Lipinski definition) is 6. The number of carbonyl (C=O) groups excluding carboxylic acids is 1. The first-order valence-electron chi connectivity index (χ1n) is 11.2. The summed E-state index contributed by atoms with van der Waals surface area (Å²) in [5, 5.41) is 2.90. The zero-order valence-electron chi connectivity index (χ0n) is 19.2. The van der Waals surface area contributed by atoms with E-state index in [2.05, 4.69) is 14.9 Å². The van der Waals surface area contributed by atoms with Gasteiger partial charge in [-0.05, 0) is 49.6 Å². The Labute approximate surface area is 196 Å². The third-order valence-corrected chi connectivity index (χ3v) is 7.05. The summed E-state index contributed by atoms with van der Waals surface area (Å²) in [4.78, 5) is 15.3. The Balaban J connectivity index is 1.69. The summed E-state index contributed by atoms with van der Waals surface area (Å²) in [5.74, 6) is -0.117. The molecule has 33 heavy (non-hydrogen) atoms. The number of sulfonamides is 1. The highest BCUT2D eigenvalue weighted by molar-refractivity contribution is 7.89. The van der Waals surface area contributed by atoms with Crippen LogP contribution in [0.1, 0.15) is 17.5 Å². The van der Waals surface area contributed by atoms with Gasteiger partial charge in [0.15, 0.2) is 0 Å². The second-order valence-corrected chi connectivity index (χ2v) is 9.80. The van der Waals surface area contributed by atoms with Crippen LogP contribution in [0.15, 0.2) is 53.4 Å². The Kier molecular flexibility index (Phi) is 9.25. The van der Waals surface area contributed by atoms with Crippen molar-refractivity contribution in [1.29, 1.82) is 0 Å². The molecule has 0 bridgehead atoms. The Morgan fingerprint density at radius 2 is 1.88 bits per heavy atom. The van der Waals surface area contributed by atoms with Crippen LogP contribution in [0.4, 0.5) is 0 Å². The summed E-state index contributed by atoms with van der Waals surface area (Å²) in [6.45, 7) is 6.38. The number of benzene rings is 2. The summed E-state index contributed by atoms with van der Waals surface area (Å²) in [6, 6.07) is 13.3. The SMILES string of the molecule is COc1ccc(C)cc1S(=O)(=O)NC(Cc1ccccc1)C(=O)NCCCN1CCOCC1. The van der Waals surface area contributed by atoms with Gasteiger partial charge in [0.2, 0.25) is 15.9 Å². The fraction of sp³-hybridized carbons (Fsp3) is 0.458. The molecule has 0 spiro atoms. The van der Waals surface area contributed by atoms with Gasteiger partial charge < -0.3 is 14.8 Å². The molecule has 180 valence electrons. The van der Waals surface area contributed by atoms with Gasteiger partial charge in [0, 0.05) is 19.6 Å². The zero-order chi connectivity index (χ0) is 23.7. The van der Waals surface area contributed by atoms with E-state index in [4.69, 9.17) is 9.47 Å². The Morgan fingerprint density at radius 1 is 1.15 bits per heavy atom. The first-order valence-corrected chi connectivity index (χ1v) is 12.7. The number of carbonyl (C=O) groups is 1. The molecule has 1 unspecified atom stereocenters. The van der Waals surface area contributed by atoms with E-state index in [-0.39, 0.29) is 23.0 Å². The molecule has 0 radical (unpaired) electrons. The van der Waals surface area contributed by atoms with Gasteiger partial charge in [-0.1, -0.05) is 36.4 Å². The number of nitrogens with one attached hydrogen (secondary N) is 2. The van der Waals surface area contributed by atoms with Crippen LogP contribution >= 0.6 is 0 Å². The van der Waals surface area contributed by atoms with Crippen molar-refractivity contribution in [3.8, 4) is 5.75 Å². The fourth-order valence-electron chi connectivity index (χ4n) is 3.74. The van der Waals surface area contributed by atoms with E-state index in [1.807, 2.05) is 30.3 Å². The molecule has 8 nitrogen and oxygen atoms in total. The lowest BCUT2D eigenvalue weighted by atomic mass is 10.1. The molecule has 2 N–H and O–H groups in total. The highest BCUT2D eigenvalue weighted by Crippen LogP contribution is 2.25. The van der Waals surface area contributed by atoms with Crippen LogP contribution in [0.25, 0.3) is 0 Å². The molecule has 1 amide bonds. The Hall–Kier alpha value is -2.46. The maximum absolute atomic E-state index is 13.2. The minimum atomic E-state index is -4.00. The van der Waals surface area contributed by atoms with Gasteiger partial charge in [0.1, 0.15) is 16.7 Å². The number of rotatable bonds is 11. The van der Waals surface area contributed by atoms with Crippen molar-refractivity contribution in [3.63, 3.8) is 0 Å². The maximum atomic E-state index is 13.2. The second-order valence-electron chi connectivity index (χ2n) is 8.12. The van der Waals surface area contributed by atoms with Crippen molar-refractivity contribution in [2.24, 2.45) is 0 Å². The third kappa shape index (κ3) is 7.53. The van der Waals surface area contributed by atoms with Crippen molar-refractivity contribution in [2.75, 3.05) is 46.5 Å². The smallest absolute Gasteiger partial charge is 0.244 e. The number of ether oxygens (including phenoxy) is 2. The van der Waals surface area contributed by atoms with E-state index in [1.165, 1.54) is 7.11 Å². The largest absolute Gasteiger partial charge is 0.495 e. The first-order chi connectivity index (χ1) is 15.9. The van der Waals surface area contributed by atoms with Gasteiger partial charge in [0.05, 0.1) is 20.3 Å². The molecule has 1 aliphatic rings. The lowest BCUT2D eigenvalue weighted by molar-refractivity contribution is -0.122. The highest BCUT2D eigenvalue weighted by atomic mass is 32.2. The van der Waals surface area contributed by atoms with Crippen molar-refractivity contribution in [1.82, 2.24) is 14.9 Å². The van der Waals surface area contributed by atoms with Crippen LogP contribution < -0.4 is 14.8 Å². The fourth-order valence-corrected chi connectivity index (χ4v) is 5.19. The molecule has 0 saturated carbocycles. The first kappa shape index (κ1) is 25.2. The zero-order valence-corrected chi connectivity index (χ0v) is 20.1. The topological polar surface area (TPSA) is 97.0 Å². The molecule has 1 heterocycles. The van der Waals surface area contributed by atoms with Crippen molar-refractivity contribution >= 4 is 15.9 Å². The van der Waals surface area contributed by atoms with Crippen LogP contribution in [0.3, 0.4) is 0 Å². The van der Waals surface area contributed by atoms with E-state index in [1.54, 1.807) is 25.1 Å².